The molecule has 3 heterocycles. The average Bonchev–Trinajstić information content (AvgIpc) is 2.91. The monoisotopic (exact) mass is 283 g/mol. The van der Waals surface area contributed by atoms with Crippen LogP contribution >= 0.6 is 11.6 Å². The van der Waals surface area contributed by atoms with Crippen LogP contribution in [0.3, 0.4) is 0 Å². The molecule has 2 aromatic rings. The summed E-state index contributed by atoms with van der Waals surface area (Å²) in [5, 5.41) is 20.1. The zero-order chi connectivity index (χ0) is 13.6. The summed E-state index contributed by atoms with van der Waals surface area (Å²) in [7, 11) is 0. The molecule has 2 N–H and O–H groups in total. The number of hydrogen-bond donors (Lipinski definition) is 2. The molecule has 19 heavy (non-hydrogen) atoms. The lowest BCUT2D eigenvalue weighted by Crippen LogP contribution is -2.24. The number of fused-ring (bicyclic) bond motifs is 1. The van der Waals surface area contributed by atoms with Crippen LogP contribution in [0.1, 0.15) is 18.2 Å². The summed E-state index contributed by atoms with van der Waals surface area (Å²) in [5.74, 6) is 0. The van der Waals surface area contributed by atoms with Gasteiger partial charge in [0.2, 0.25) is 0 Å². The number of nitrogens with zero attached hydrogens (tertiary/aromatic N) is 3. The van der Waals surface area contributed by atoms with E-state index >= 15 is 0 Å². The normalized spacial score (nSPS) is 27.3. The zero-order valence-corrected chi connectivity index (χ0v) is 11.1. The minimum Gasteiger partial charge on any atom is -0.394 e. The highest BCUT2D eigenvalue weighted by Crippen LogP contribution is 2.34. The van der Waals surface area contributed by atoms with Crippen LogP contribution in [0.15, 0.2) is 12.5 Å². The van der Waals surface area contributed by atoms with Gasteiger partial charge in [0.25, 0.3) is 0 Å². The van der Waals surface area contributed by atoms with Crippen LogP contribution in [0.4, 0.5) is 0 Å². The van der Waals surface area contributed by atoms with E-state index in [0.717, 1.165) is 10.9 Å². The number of halogens is 1. The first-order valence-corrected chi connectivity index (χ1v) is 6.41. The second kappa shape index (κ2) is 4.72. The van der Waals surface area contributed by atoms with Gasteiger partial charge >= 0.3 is 0 Å². The molecule has 3 atom stereocenters. The smallest absolute Gasteiger partial charge is 0.147 e. The Balaban J connectivity index is 2.05. The molecule has 0 spiro atoms. The molecule has 3 rings (SSSR count). The van der Waals surface area contributed by atoms with Gasteiger partial charge < -0.3 is 19.5 Å². The molecule has 6 nitrogen and oxygen atoms in total. The van der Waals surface area contributed by atoms with E-state index in [1.807, 2.05) is 17.7 Å². The first-order valence-electron chi connectivity index (χ1n) is 6.04. The third-order valence-electron chi connectivity index (χ3n) is 3.45. The van der Waals surface area contributed by atoms with E-state index in [1.54, 1.807) is 0 Å². The number of aryl methyl sites for hydroxylation is 1. The number of hydrogen-bond acceptors (Lipinski definition) is 5. The average molecular weight is 284 g/mol. The van der Waals surface area contributed by atoms with E-state index in [-0.39, 0.29) is 12.8 Å². The molecule has 0 saturated carbocycles. The molecule has 2 aromatic heterocycles. The van der Waals surface area contributed by atoms with Crippen molar-refractivity contribution in [2.24, 2.45) is 0 Å². The molecule has 1 aliphatic heterocycles. The van der Waals surface area contributed by atoms with Crippen LogP contribution in [0.25, 0.3) is 11.0 Å². The summed E-state index contributed by atoms with van der Waals surface area (Å²) in [5.41, 5.74) is 1.62. The highest BCUT2D eigenvalue weighted by Gasteiger charge is 2.35. The number of rotatable bonds is 2. The van der Waals surface area contributed by atoms with Gasteiger partial charge in [0.05, 0.1) is 18.1 Å². The highest BCUT2D eigenvalue weighted by atomic mass is 35.5. The summed E-state index contributed by atoms with van der Waals surface area (Å²) in [6.07, 6.45) is 2.10. The number of ether oxygens (including phenoxy) is 1. The SMILES string of the molecule is Cc1cn([C@H]2C[C@@H](O)[C@@H](CO)O2)c2ncnc(Cl)c12. The van der Waals surface area contributed by atoms with Gasteiger partial charge in [-0.2, -0.15) is 0 Å². The Morgan fingerprint density at radius 3 is 3.00 bits per heavy atom. The van der Waals surface area contributed by atoms with Gasteiger partial charge in [-0.3, -0.25) is 0 Å². The first kappa shape index (κ1) is 12.8. The fraction of sp³-hybridized carbons (Fsp3) is 0.500. The molecule has 7 heteroatoms. The molecule has 1 fully saturated rings. The van der Waals surface area contributed by atoms with Crippen molar-refractivity contribution in [1.29, 1.82) is 0 Å². The van der Waals surface area contributed by atoms with E-state index < -0.39 is 12.2 Å². The predicted molar refractivity (Wildman–Crippen MR) is 68.9 cm³/mol. The van der Waals surface area contributed by atoms with Gasteiger partial charge in [-0.15, -0.1) is 0 Å². The van der Waals surface area contributed by atoms with E-state index in [0.29, 0.717) is 17.2 Å². The molecule has 0 aliphatic carbocycles. The van der Waals surface area contributed by atoms with Gasteiger partial charge in [0, 0.05) is 12.6 Å². The Bertz CT molecular complexity index is 616. The largest absolute Gasteiger partial charge is 0.394 e. The topological polar surface area (TPSA) is 80.4 Å². The Morgan fingerprint density at radius 2 is 2.32 bits per heavy atom. The Morgan fingerprint density at radius 1 is 1.53 bits per heavy atom. The molecular weight excluding hydrogens is 270 g/mol. The van der Waals surface area contributed by atoms with Crippen molar-refractivity contribution in [3.8, 4) is 0 Å². The molecule has 102 valence electrons. The minimum atomic E-state index is -0.676. The number of aliphatic hydroxyl groups is 2. The lowest BCUT2D eigenvalue weighted by Gasteiger charge is -2.14. The Labute approximate surface area is 114 Å². The standard InChI is InChI=1S/C12H14ClN3O3/c1-6-3-16(9-2-7(18)8(4-17)19-9)12-10(6)11(13)14-5-15-12/h3,5,7-9,17-18H,2,4H2,1H3/t7-,8-,9-/m1/s1. The quantitative estimate of drug-likeness (QED) is 0.805. The van der Waals surface area contributed by atoms with Crippen LogP contribution in [-0.2, 0) is 4.74 Å². The van der Waals surface area contributed by atoms with Crippen molar-refractivity contribution >= 4 is 22.6 Å². The van der Waals surface area contributed by atoms with Gasteiger partial charge in [-0.25, -0.2) is 9.97 Å². The summed E-state index contributed by atoms with van der Waals surface area (Å²) in [6.45, 7) is 1.72. The van der Waals surface area contributed by atoms with Crippen molar-refractivity contribution in [3.05, 3.63) is 23.2 Å². The molecule has 0 bridgehead atoms. The fourth-order valence-electron chi connectivity index (χ4n) is 2.49. The fourth-order valence-corrected chi connectivity index (χ4v) is 2.77. The molecule has 1 saturated heterocycles. The van der Waals surface area contributed by atoms with Crippen LogP contribution < -0.4 is 0 Å². The van der Waals surface area contributed by atoms with Crippen LogP contribution in [-0.4, -0.2) is 43.6 Å². The van der Waals surface area contributed by atoms with Crippen LogP contribution in [0, 0.1) is 6.92 Å². The van der Waals surface area contributed by atoms with E-state index in [4.69, 9.17) is 21.4 Å². The van der Waals surface area contributed by atoms with Crippen molar-refractivity contribution < 1.29 is 14.9 Å². The van der Waals surface area contributed by atoms with E-state index in [1.165, 1.54) is 6.33 Å². The molecule has 0 unspecified atom stereocenters. The predicted octanol–water partition coefficient (Wildman–Crippen LogP) is 1.03. The third-order valence-corrected chi connectivity index (χ3v) is 3.73. The van der Waals surface area contributed by atoms with E-state index in [9.17, 15) is 5.11 Å². The third kappa shape index (κ3) is 2.01. The lowest BCUT2D eigenvalue weighted by atomic mass is 10.2. The zero-order valence-electron chi connectivity index (χ0n) is 10.3. The van der Waals surface area contributed by atoms with E-state index in [2.05, 4.69) is 9.97 Å². The molecular formula is C12H14ClN3O3. The molecule has 1 aliphatic rings. The Hall–Kier alpha value is -1.21. The number of aromatic nitrogens is 3. The summed E-state index contributed by atoms with van der Waals surface area (Å²) >= 11 is 6.07. The summed E-state index contributed by atoms with van der Waals surface area (Å²) in [6, 6.07) is 0. The minimum absolute atomic E-state index is 0.203. The van der Waals surface area contributed by atoms with Gasteiger partial charge in [0.1, 0.15) is 29.5 Å². The second-order valence-corrected chi connectivity index (χ2v) is 5.06. The highest BCUT2D eigenvalue weighted by molar-refractivity contribution is 6.34. The maximum atomic E-state index is 9.80. The first-order chi connectivity index (χ1) is 9.11. The Kier molecular flexibility index (Phi) is 3.18. The van der Waals surface area contributed by atoms with Gasteiger partial charge in [-0.1, -0.05) is 11.6 Å². The van der Waals surface area contributed by atoms with Crippen LogP contribution in [0.5, 0.6) is 0 Å². The van der Waals surface area contributed by atoms with Crippen molar-refractivity contribution in [1.82, 2.24) is 14.5 Å². The summed E-state index contributed by atoms with van der Waals surface area (Å²) < 4.78 is 7.46. The maximum absolute atomic E-state index is 9.80. The van der Waals surface area contributed by atoms with Gasteiger partial charge in [-0.05, 0) is 12.5 Å². The number of aliphatic hydroxyl groups excluding tert-OH is 2. The van der Waals surface area contributed by atoms with Crippen LogP contribution in [0.2, 0.25) is 5.15 Å². The molecule has 0 amide bonds. The second-order valence-electron chi connectivity index (χ2n) is 4.70. The van der Waals surface area contributed by atoms with Crippen molar-refractivity contribution in [2.75, 3.05) is 6.61 Å². The van der Waals surface area contributed by atoms with Gasteiger partial charge in [0.15, 0.2) is 0 Å². The lowest BCUT2D eigenvalue weighted by molar-refractivity contribution is -0.0430. The van der Waals surface area contributed by atoms with Crippen molar-refractivity contribution in [3.63, 3.8) is 0 Å². The van der Waals surface area contributed by atoms with Crippen molar-refractivity contribution in [2.45, 2.75) is 31.8 Å². The maximum Gasteiger partial charge on any atom is 0.147 e. The summed E-state index contributed by atoms with van der Waals surface area (Å²) in [4.78, 5) is 8.19. The molecule has 0 radical (unpaired) electrons. The molecule has 0 aromatic carbocycles.